The average molecular weight is 304 g/mol. The monoisotopic (exact) mass is 303 g/mol. The molecule has 1 aromatic carbocycles. The molecule has 1 rings (SSSR count). The molecule has 0 radical (unpaired) electrons. The molecule has 0 bridgehead atoms. The highest BCUT2D eigenvalue weighted by atomic mass is 79.9. The minimum absolute atomic E-state index is 0.280. The zero-order valence-electron chi connectivity index (χ0n) is 10.4. The van der Waals surface area contributed by atoms with Gasteiger partial charge in [-0.25, -0.2) is 4.39 Å². The summed E-state index contributed by atoms with van der Waals surface area (Å²) in [6.07, 6.45) is 0.290. The van der Waals surface area contributed by atoms with Crippen LogP contribution in [0.2, 0.25) is 0 Å². The molecule has 0 heterocycles. The van der Waals surface area contributed by atoms with Crippen LogP contribution in [0, 0.1) is 5.82 Å². The first kappa shape index (κ1) is 14.6. The number of aliphatic hydroxyl groups is 1. The summed E-state index contributed by atoms with van der Waals surface area (Å²) < 4.78 is 14.4. The van der Waals surface area contributed by atoms with E-state index in [0.29, 0.717) is 18.2 Å². The van der Waals surface area contributed by atoms with Gasteiger partial charge in [-0.15, -0.1) is 0 Å². The summed E-state index contributed by atoms with van der Waals surface area (Å²) in [5.41, 5.74) is -0.429. The third kappa shape index (κ3) is 5.15. The smallest absolute Gasteiger partial charge is 0.126 e. The first-order valence-electron chi connectivity index (χ1n) is 5.70. The minimum atomic E-state index is -0.952. The van der Waals surface area contributed by atoms with Gasteiger partial charge in [0.15, 0.2) is 0 Å². The van der Waals surface area contributed by atoms with Crippen LogP contribution in [0.5, 0.6) is 0 Å². The van der Waals surface area contributed by atoms with Crippen LogP contribution in [0.1, 0.15) is 26.3 Å². The van der Waals surface area contributed by atoms with Gasteiger partial charge < -0.3 is 10.4 Å². The van der Waals surface area contributed by atoms with E-state index in [9.17, 15) is 9.50 Å². The van der Waals surface area contributed by atoms with Crippen LogP contribution in [0.3, 0.4) is 0 Å². The van der Waals surface area contributed by atoms with E-state index in [0.717, 1.165) is 4.47 Å². The highest BCUT2D eigenvalue weighted by molar-refractivity contribution is 9.10. The molecule has 0 saturated carbocycles. The van der Waals surface area contributed by atoms with Gasteiger partial charge in [-0.1, -0.05) is 29.8 Å². The van der Waals surface area contributed by atoms with E-state index in [2.05, 4.69) is 21.2 Å². The van der Waals surface area contributed by atoms with Gasteiger partial charge in [-0.05, 0) is 30.7 Å². The lowest BCUT2D eigenvalue weighted by Crippen LogP contribution is -2.42. The van der Waals surface area contributed by atoms with Gasteiger partial charge >= 0.3 is 0 Å². The van der Waals surface area contributed by atoms with E-state index in [1.54, 1.807) is 19.1 Å². The maximum absolute atomic E-state index is 13.5. The molecular weight excluding hydrogens is 285 g/mol. The molecule has 0 saturated heterocycles. The van der Waals surface area contributed by atoms with Gasteiger partial charge in [0.25, 0.3) is 0 Å². The zero-order chi connectivity index (χ0) is 13.1. The topological polar surface area (TPSA) is 32.3 Å². The number of nitrogens with one attached hydrogen (secondary N) is 1. The van der Waals surface area contributed by atoms with Gasteiger partial charge in [-0.3, -0.25) is 0 Å². The Balaban J connectivity index is 2.71. The Hall–Kier alpha value is -0.450. The molecule has 0 aliphatic carbocycles. The Bertz CT molecular complexity index is 380. The summed E-state index contributed by atoms with van der Waals surface area (Å²) in [5, 5.41) is 13.3. The lowest BCUT2D eigenvalue weighted by Gasteiger charge is -2.25. The first-order chi connectivity index (χ1) is 7.80. The first-order valence-corrected chi connectivity index (χ1v) is 6.49. The van der Waals surface area contributed by atoms with Crippen molar-refractivity contribution in [2.45, 2.75) is 38.8 Å². The maximum Gasteiger partial charge on any atom is 0.126 e. The molecule has 0 aromatic heterocycles. The highest BCUT2D eigenvalue weighted by Gasteiger charge is 2.22. The van der Waals surface area contributed by atoms with Crippen LogP contribution in [0.4, 0.5) is 4.39 Å². The Labute approximate surface area is 110 Å². The van der Waals surface area contributed by atoms with Crippen LogP contribution in [0.25, 0.3) is 0 Å². The van der Waals surface area contributed by atoms with Crippen LogP contribution in [-0.2, 0) is 6.42 Å². The molecule has 0 spiro atoms. The predicted octanol–water partition coefficient (Wildman–Crippen LogP) is 2.88. The SMILES string of the molecule is CC(C)NCC(C)(O)Cc1cc(Br)ccc1F. The van der Waals surface area contributed by atoms with Gasteiger partial charge in [0.2, 0.25) is 0 Å². The summed E-state index contributed by atoms with van der Waals surface area (Å²) in [4.78, 5) is 0. The quantitative estimate of drug-likeness (QED) is 0.877. The van der Waals surface area contributed by atoms with Crippen molar-refractivity contribution in [1.82, 2.24) is 5.32 Å². The highest BCUT2D eigenvalue weighted by Crippen LogP contribution is 2.20. The van der Waals surface area contributed by atoms with Crippen LogP contribution >= 0.6 is 15.9 Å². The number of rotatable bonds is 5. The standard InChI is InChI=1S/C13H19BrFNO/c1-9(2)16-8-13(3,17)7-10-6-11(14)4-5-12(10)15/h4-6,9,16-17H,7-8H2,1-3H3. The van der Waals surface area contributed by atoms with E-state index in [1.165, 1.54) is 6.07 Å². The number of halogens is 2. The molecule has 0 aliphatic rings. The van der Waals surface area contributed by atoms with Crippen molar-refractivity contribution in [3.05, 3.63) is 34.1 Å². The molecule has 0 fully saturated rings. The normalized spacial score (nSPS) is 15.0. The Morgan fingerprint density at radius 2 is 2.12 bits per heavy atom. The molecule has 0 aliphatic heterocycles. The van der Waals surface area contributed by atoms with Crippen LogP contribution in [0.15, 0.2) is 22.7 Å². The Morgan fingerprint density at radius 3 is 2.71 bits per heavy atom. The largest absolute Gasteiger partial charge is 0.389 e. The molecule has 1 atom stereocenters. The molecule has 0 amide bonds. The van der Waals surface area contributed by atoms with Gasteiger partial charge in [0.05, 0.1) is 5.60 Å². The van der Waals surface area contributed by atoms with Crippen molar-refractivity contribution in [2.75, 3.05) is 6.54 Å². The van der Waals surface area contributed by atoms with E-state index in [4.69, 9.17) is 0 Å². The number of hydrogen-bond acceptors (Lipinski definition) is 2. The fraction of sp³-hybridized carbons (Fsp3) is 0.538. The van der Waals surface area contributed by atoms with Crippen LogP contribution in [-0.4, -0.2) is 23.3 Å². The molecule has 2 nitrogen and oxygen atoms in total. The summed E-state index contributed by atoms with van der Waals surface area (Å²) >= 11 is 3.30. The summed E-state index contributed by atoms with van der Waals surface area (Å²) in [6.45, 7) is 6.17. The van der Waals surface area contributed by atoms with Gasteiger partial charge in [0.1, 0.15) is 5.82 Å². The third-order valence-corrected chi connectivity index (χ3v) is 2.96. The average Bonchev–Trinajstić information content (AvgIpc) is 2.20. The van der Waals surface area contributed by atoms with Crippen molar-refractivity contribution < 1.29 is 9.50 Å². The van der Waals surface area contributed by atoms with E-state index >= 15 is 0 Å². The lowest BCUT2D eigenvalue weighted by molar-refractivity contribution is 0.0573. The fourth-order valence-corrected chi connectivity index (χ4v) is 1.98. The molecular formula is C13H19BrFNO. The summed E-state index contributed by atoms with van der Waals surface area (Å²) in [6, 6.07) is 5.07. The van der Waals surface area contributed by atoms with Gasteiger partial charge in [0, 0.05) is 23.5 Å². The number of hydrogen-bond donors (Lipinski definition) is 2. The third-order valence-electron chi connectivity index (χ3n) is 2.47. The molecule has 1 unspecified atom stereocenters. The zero-order valence-corrected chi connectivity index (χ0v) is 12.0. The van der Waals surface area contributed by atoms with E-state index in [1.807, 2.05) is 13.8 Å². The fourth-order valence-electron chi connectivity index (χ4n) is 1.58. The van der Waals surface area contributed by atoms with Crippen molar-refractivity contribution in [3.63, 3.8) is 0 Å². The van der Waals surface area contributed by atoms with Crippen LogP contribution < -0.4 is 5.32 Å². The van der Waals surface area contributed by atoms with Gasteiger partial charge in [-0.2, -0.15) is 0 Å². The lowest BCUT2D eigenvalue weighted by atomic mass is 9.96. The summed E-state index contributed by atoms with van der Waals surface area (Å²) in [5.74, 6) is -0.280. The Kier molecular flexibility index (Phi) is 5.10. The van der Waals surface area contributed by atoms with Crippen molar-refractivity contribution in [3.8, 4) is 0 Å². The predicted molar refractivity (Wildman–Crippen MR) is 71.6 cm³/mol. The second kappa shape index (κ2) is 5.94. The molecule has 2 N–H and O–H groups in total. The minimum Gasteiger partial charge on any atom is -0.389 e. The van der Waals surface area contributed by atoms with E-state index in [-0.39, 0.29) is 12.2 Å². The van der Waals surface area contributed by atoms with Crippen molar-refractivity contribution in [2.24, 2.45) is 0 Å². The molecule has 1 aromatic rings. The second-order valence-corrected chi connectivity index (χ2v) is 5.86. The number of benzene rings is 1. The molecule has 17 heavy (non-hydrogen) atoms. The Morgan fingerprint density at radius 1 is 1.47 bits per heavy atom. The maximum atomic E-state index is 13.5. The van der Waals surface area contributed by atoms with Crippen molar-refractivity contribution >= 4 is 15.9 Å². The molecule has 96 valence electrons. The van der Waals surface area contributed by atoms with Crippen molar-refractivity contribution in [1.29, 1.82) is 0 Å². The molecule has 4 heteroatoms. The summed E-state index contributed by atoms with van der Waals surface area (Å²) in [7, 11) is 0. The van der Waals surface area contributed by atoms with E-state index < -0.39 is 5.60 Å². The second-order valence-electron chi connectivity index (χ2n) is 4.95.